The molecule has 0 atom stereocenters. The standard InChI is InChI=1S/C11H14N4OS/c1-4-8-14-9(12-3)7(2)10(15-8)17-11-13-5-6-16-11/h5-6H,4H2,1-3H3,(H,12,14,15). The highest BCUT2D eigenvalue weighted by Crippen LogP contribution is 2.30. The summed E-state index contributed by atoms with van der Waals surface area (Å²) in [6.45, 7) is 4.01. The van der Waals surface area contributed by atoms with Crippen molar-refractivity contribution < 1.29 is 4.42 Å². The van der Waals surface area contributed by atoms with Gasteiger partial charge in [0.05, 0.1) is 6.20 Å². The fourth-order valence-corrected chi connectivity index (χ4v) is 2.17. The van der Waals surface area contributed by atoms with E-state index in [0.717, 1.165) is 28.7 Å². The highest BCUT2D eigenvalue weighted by atomic mass is 32.2. The molecule has 2 heterocycles. The topological polar surface area (TPSA) is 63.8 Å². The van der Waals surface area contributed by atoms with Crippen molar-refractivity contribution >= 4 is 17.6 Å². The van der Waals surface area contributed by atoms with Crippen LogP contribution in [0, 0.1) is 6.92 Å². The van der Waals surface area contributed by atoms with E-state index in [2.05, 4.69) is 20.3 Å². The minimum atomic E-state index is 0.593. The lowest BCUT2D eigenvalue weighted by atomic mass is 10.3. The predicted octanol–water partition coefficient (Wildman–Crippen LogP) is 2.53. The van der Waals surface area contributed by atoms with Crippen LogP contribution in [-0.2, 0) is 6.42 Å². The fraction of sp³-hybridized carbons (Fsp3) is 0.364. The van der Waals surface area contributed by atoms with Crippen molar-refractivity contribution in [2.45, 2.75) is 30.5 Å². The van der Waals surface area contributed by atoms with Gasteiger partial charge in [-0.1, -0.05) is 6.92 Å². The lowest BCUT2D eigenvalue weighted by molar-refractivity contribution is 0.454. The first-order valence-corrected chi connectivity index (χ1v) is 6.18. The average Bonchev–Trinajstić information content (AvgIpc) is 2.84. The van der Waals surface area contributed by atoms with Crippen LogP contribution in [0.15, 0.2) is 27.1 Å². The molecule has 2 aromatic rings. The Morgan fingerprint density at radius 2 is 2.24 bits per heavy atom. The highest BCUT2D eigenvalue weighted by Gasteiger charge is 2.12. The van der Waals surface area contributed by atoms with Crippen LogP contribution in [0.5, 0.6) is 0 Å². The van der Waals surface area contributed by atoms with Crippen molar-refractivity contribution in [3.63, 3.8) is 0 Å². The Hall–Kier alpha value is -1.56. The van der Waals surface area contributed by atoms with Crippen molar-refractivity contribution in [2.75, 3.05) is 12.4 Å². The number of aromatic nitrogens is 3. The average molecular weight is 250 g/mol. The maximum atomic E-state index is 5.21. The number of nitrogens with one attached hydrogen (secondary N) is 1. The number of oxazole rings is 1. The molecule has 0 fully saturated rings. The molecule has 6 heteroatoms. The maximum Gasteiger partial charge on any atom is 0.261 e. The van der Waals surface area contributed by atoms with Gasteiger partial charge in [-0.25, -0.2) is 15.0 Å². The first-order valence-electron chi connectivity index (χ1n) is 5.37. The zero-order valence-electron chi connectivity index (χ0n) is 10.0. The van der Waals surface area contributed by atoms with Crippen LogP contribution in [-0.4, -0.2) is 22.0 Å². The first-order chi connectivity index (χ1) is 8.24. The van der Waals surface area contributed by atoms with E-state index in [1.54, 1.807) is 12.5 Å². The fourth-order valence-electron chi connectivity index (χ4n) is 1.38. The van der Waals surface area contributed by atoms with Gasteiger partial charge in [-0.15, -0.1) is 0 Å². The molecule has 0 aliphatic rings. The largest absolute Gasteiger partial charge is 0.440 e. The summed E-state index contributed by atoms with van der Waals surface area (Å²) in [7, 11) is 1.86. The van der Waals surface area contributed by atoms with Crippen LogP contribution in [0.1, 0.15) is 18.3 Å². The van der Waals surface area contributed by atoms with Gasteiger partial charge in [0.15, 0.2) is 0 Å². The Balaban J connectivity index is 2.38. The normalized spacial score (nSPS) is 10.5. The molecule has 1 N–H and O–H groups in total. The molecule has 2 aromatic heterocycles. The lowest BCUT2D eigenvalue weighted by Gasteiger charge is -2.09. The molecule has 0 aliphatic heterocycles. The molecule has 0 saturated heterocycles. The summed E-state index contributed by atoms with van der Waals surface area (Å²) >= 11 is 1.41. The number of anilines is 1. The van der Waals surface area contributed by atoms with Gasteiger partial charge < -0.3 is 9.73 Å². The van der Waals surface area contributed by atoms with E-state index in [0.29, 0.717) is 5.22 Å². The monoisotopic (exact) mass is 250 g/mol. The van der Waals surface area contributed by atoms with E-state index in [-0.39, 0.29) is 0 Å². The van der Waals surface area contributed by atoms with Crippen LogP contribution >= 0.6 is 11.8 Å². The number of rotatable bonds is 4. The molecule has 0 aromatic carbocycles. The number of hydrogen-bond acceptors (Lipinski definition) is 6. The molecule has 2 rings (SSSR count). The zero-order chi connectivity index (χ0) is 12.3. The van der Waals surface area contributed by atoms with Gasteiger partial charge in [0.25, 0.3) is 5.22 Å². The molecule has 0 saturated carbocycles. The number of nitrogens with zero attached hydrogens (tertiary/aromatic N) is 3. The van der Waals surface area contributed by atoms with Crippen LogP contribution in [0.2, 0.25) is 0 Å². The quantitative estimate of drug-likeness (QED) is 0.841. The number of hydrogen-bond donors (Lipinski definition) is 1. The van der Waals surface area contributed by atoms with Gasteiger partial charge in [0.1, 0.15) is 22.9 Å². The molecule has 0 bridgehead atoms. The lowest BCUT2D eigenvalue weighted by Crippen LogP contribution is -2.04. The molecular weight excluding hydrogens is 236 g/mol. The second-order valence-corrected chi connectivity index (χ2v) is 4.36. The molecule has 0 radical (unpaired) electrons. The minimum Gasteiger partial charge on any atom is -0.440 e. The third kappa shape index (κ3) is 2.58. The van der Waals surface area contributed by atoms with Crippen LogP contribution in [0.3, 0.4) is 0 Å². The smallest absolute Gasteiger partial charge is 0.261 e. The van der Waals surface area contributed by atoms with E-state index in [1.807, 2.05) is 20.9 Å². The van der Waals surface area contributed by atoms with Crippen molar-refractivity contribution in [3.8, 4) is 0 Å². The minimum absolute atomic E-state index is 0.593. The molecular formula is C11H14N4OS. The Morgan fingerprint density at radius 1 is 1.41 bits per heavy atom. The van der Waals surface area contributed by atoms with Crippen molar-refractivity contribution in [3.05, 3.63) is 23.8 Å². The second-order valence-electron chi connectivity index (χ2n) is 3.42. The van der Waals surface area contributed by atoms with Gasteiger partial charge >= 0.3 is 0 Å². The van der Waals surface area contributed by atoms with Gasteiger partial charge in [-0.2, -0.15) is 0 Å². The van der Waals surface area contributed by atoms with Gasteiger partial charge in [-0.05, 0) is 18.7 Å². The van der Waals surface area contributed by atoms with Gasteiger partial charge in [0.2, 0.25) is 0 Å². The maximum absolute atomic E-state index is 5.21. The third-order valence-corrected chi connectivity index (χ3v) is 3.26. The molecule has 0 amide bonds. The summed E-state index contributed by atoms with van der Waals surface area (Å²) in [6, 6.07) is 0. The molecule has 0 spiro atoms. The summed E-state index contributed by atoms with van der Waals surface area (Å²) in [6.07, 6.45) is 3.98. The second kappa shape index (κ2) is 5.18. The predicted molar refractivity (Wildman–Crippen MR) is 66.3 cm³/mol. The SMILES string of the molecule is CCc1nc(NC)c(C)c(Sc2ncco2)n1. The van der Waals surface area contributed by atoms with E-state index in [1.165, 1.54) is 11.8 Å². The summed E-state index contributed by atoms with van der Waals surface area (Å²) in [5, 5.41) is 4.55. The number of aryl methyl sites for hydroxylation is 1. The van der Waals surface area contributed by atoms with E-state index < -0.39 is 0 Å². The van der Waals surface area contributed by atoms with Crippen LogP contribution < -0.4 is 5.32 Å². The Morgan fingerprint density at radius 3 is 2.82 bits per heavy atom. The van der Waals surface area contributed by atoms with Crippen molar-refractivity contribution in [2.24, 2.45) is 0 Å². The summed E-state index contributed by atoms with van der Waals surface area (Å²) < 4.78 is 5.21. The van der Waals surface area contributed by atoms with E-state index in [4.69, 9.17) is 4.42 Å². The van der Waals surface area contributed by atoms with Crippen LogP contribution in [0.25, 0.3) is 0 Å². The Kier molecular flexibility index (Phi) is 3.63. The molecule has 90 valence electrons. The Bertz CT molecular complexity index is 498. The molecule has 0 unspecified atom stereocenters. The molecule has 17 heavy (non-hydrogen) atoms. The molecule has 5 nitrogen and oxygen atoms in total. The van der Waals surface area contributed by atoms with Crippen LogP contribution in [0.4, 0.5) is 5.82 Å². The third-order valence-electron chi connectivity index (χ3n) is 2.29. The van der Waals surface area contributed by atoms with Gasteiger partial charge in [0, 0.05) is 19.0 Å². The zero-order valence-corrected chi connectivity index (χ0v) is 10.8. The van der Waals surface area contributed by atoms with Crippen molar-refractivity contribution in [1.29, 1.82) is 0 Å². The highest BCUT2D eigenvalue weighted by molar-refractivity contribution is 7.99. The Labute approximate surface area is 104 Å². The van der Waals surface area contributed by atoms with E-state index >= 15 is 0 Å². The van der Waals surface area contributed by atoms with E-state index in [9.17, 15) is 0 Å². The summed E-state index contributed by atoms with van der Waals surface area (Å²) in [5.41, 5.74) is 1.01. The van der Waals surface area contributed by atoms with Gasteiger partial charge in [-0.3, -0.25) is 0 Å². The van der Waals surface area contributed by atoms with Crippen molar-refractivity contribution in [1.82, 2.24) is 15.0 Å². The first kappa shape index (κ1) is 11.9. The summed E-state index contributed by atoms with van der Waals surface area (Å²) in [4.78, 5) is 13.0. The summed E-state index contributed by atoms with van der Waals surface area (Å²) in [5.74, 6) is 1.67. The molecule has 0 aliphatic carbocycles.